The van der Waals surface area contributed by atoms with Crippen LogP contribution < -0.4 is 5.43 Å². The molecule has 1 aliphatic carbocycles. The second-order valence-electron chi connectivity index (χ2n) is 4.48. The standard InChI is InChI=1S/C13H10ClNO3.ClH/c14-7-1-4-11-9(5-7)12(16)10(13(17)18)6-15(11)8-2-3-8;/h1,4-6,8H,2-3H2,(H,17,18);1H. The number of carboxylic acid groups (broad SMARTS) is 1. The number of hydrogen-bond donors (Lipinski definition) is 1. The van der Waals surface area contributed by atoms with E-state index in [1.54, 1.807) is 12.1 Å². The molecule has 1 aromatic heterocycles. The van der Waals surface area contributed by atoms with Crippen LogP contribution in [0.2, 0.25) is 5.02 Å². The summed E-state index contributed by atoms with van der Waals surface area (Å²) in [6.07, 6.45) is 3.47. The molecule has 1 aliphatic rings. The number of pyridine rings is 1. The molecule has 19 heavy (non-hydrogen) atoms. The zero-order valence-electron chi connectivity index (χ0n) is 9.80. The van der Waals surface area contributed by atoms with Gasteiger partial charge in [0.2, 0.25) is 5.43 Å². The SMILES string of the molecule is Cl.O=C(O)c1cn(C2CC2)c2ccc(Cl)cc2c1=O. The maximum atomic E-state index is 12.1. The van der Waals surface area contributed by atoms with Crippen molar-refractivity contribution in [2.45, 2.75) is 18.9 Å². The fraction of sp³-hybridized carbons (Fsp3) is 0.231. The summed E-state index contributed by atoms with van der Waals surface area (Å²) in [7, 11) is 0. The highest BCUT2D eigenvalue weighted by molar-refractivity contribution is 6.31. The molecule has 0 spiro atoms. The lowest BCUT2D eigenvalue weighted by Crippen LogP contribution is -2.18. The third-order valence-electron chi connectivity index (χ3n) is 3.16. The number of benzene rings is 1. The number of fused-ring (bicyclic) bond motifs is 1. The van der Waals surface area contributed by atoms with E-state index in [1.807, 2.05) is 4.57 Å². The average Bonchev–Trinajstić information content (AvgIpc) is 3.14. The van der Waals surface area contributed by atoms with E-state index in [1.165, 1.54) is 12.3 Å². The predicted molar refractivity (Wildman–Crippen MR) is 75.7 cm³/mol. The van der Waals surface area contributed by atoms with Crippen molar-refractivity contribution in [3.63, 3.8) is 0 Å². The van der Waals surface area contributed by atoms with Crippen molar-refractivity contribution in [2.24, 2.45) is 0 Å². The summed E-state index contributed by atoms with van der Waals surface area (Å²) in [5.41, 5.74) is 0.0745. The van der Waals surface area contributed by atoms with Crippen LogP contribution in [0, 0.1) is 0 Å². The molecule has 0 radical (unpaired) electrons. The Balaban J connectivity index is 0.00000133. The van der Waals surface area contributed by atoms with E-state index in [2.05, 4.69) is 0 Å². The van der Waals surface area contributed by atoms with Gasteiger partial charge >= 0.3 is 5.97 Å². The van der Waals surface area contributed by atoms with Gasteiger partial charge in [-0.3, -0.25) is 4.79 Å². The maximum Gasteiger partial charge on any atom is 0.341 e. The summed E-state index contributed by atoms with van der Waals surface area (Å²) < 4.78 is 1.87. The minimum Gasteiger partial charge on any atom is -0.477 e. The first-order chi connectivity index (χ1) is 8.58. The van der Waals surface area contributed by atoms with Crippen LogP contribution in [0.5, 0.6) is 0 Å². The molecule has 6 heteroatoms. The summed E-state index contributed by atoms with van der Waals surface area (Å²) in [5.74, 6) is -1.20. The smallest absolute Gasteiger partial charge is 0.341 e. The van der Waals surface area contributed by atoms with Crippen LogP contribution in [0.15, 0.2) is 29.2 Å². The van der Waals surface area contributed by atoms with Gasteiger partial charge in [0.1, 0.15) is 5.56 Å². The Kier molecular flexibility index (Phi) is 3.56. The number of carbonyl (C=O) groups is 1. The summed E-state index contributed by atoms with van der Waals surface area (Å²) in [6, 6.07) is 5.31. The van der Waals surface area contributed by atoms with Crippen LogP contribution in [-0.4, -0.2) is 15.6 Å². The Morgan fingerprint density at radius 1 is 1.37 bits per heavy atom. The van der Waals surface area contributed by atoms with Gasteiger partial charge in [-0.1, -0.05) is 11.6 Å². The molecule has 1 heterocycles. The van der Waals surface area contributed by atoms with Crippen molar-refractivity contribution in [3.05, 3.63) is 45.2 Å². The minimum absolute atomic E-state index is 0. The molecule has 100 valence electrons. The molecular weight excluding hydrogens is 289 g/mol. The first-order valence-corrected chi connectivity index (χ1v) is 6.03. The molecule has 1 fully saturated rings. The van der Waals surface area contributed by atoms with Crippen LogP contribution in [0.3, 0.4) is 0 Å². The molecule has 0 aliphatic heterocycles. The molecule has 1 N–H and O–H groups in total. The molecule has 0 unspecified atom stereocenters. The third kappa shape index (κ3) is 2.33. The summed E-state index contributed by atoms with van der Waals surface area (Å²) in [6.45, 7) is 0. The molecule has 4 nitrogen and oxygen atoms in total. The first-order valence-electron chi connectivity index (χ1n) is 5.65. The second-order valence-corrected chi connectivity index (χ2v) is 4.91. The lowest BCUT2D eigenvalue weighted by Gasteiger charge is -2.11. The molecule has 1 aromatic carbocycles. The zero-order valence-corrected chi connectivity index (χ0v) is 11.4. The predicted octanol–water partition coefficient (Wildman–Crippen LogP) is 3.11. The lowest BCUT2D eigenvalue weighted by molar-refractivity contribution is 0.0695. The number of hydrogen-bond acceptors (Lipinski definition) is 2. The van der Waals surface area contributed by atoms with Crippen LogP contribution in [-0.2, 0) is 0 Å². The van der Waals surface area contributed by atoms with Gasteiger partial charge in [-0.05, 0) is 31.0 Å². The van der Waals surface area contributed by atoms with Crippen molar-refractivity contribution < 1.29 is 9.90 Å². The normalized spacial score (nSPS) is 14.2. The summed E-state index contributed by atoms with van der Waals surface area (Å²) in [5, 5.41) is 9.88. The number of carboxylic acids is 1. The Labute approximate surface area is 120 Å². The highest BCUT2D eigenvalue weighted by Crippen LogP contribution is 2.37. The van der Waals surface area contributed by atoms with E-state index in [-0.39, 0.29) is 18.0 Å². The van der Waals surface area contributed by atoms with Gasteiger partial charge in [-0.15, -0.1) is 12.4 Å². The average molecular weight is 300 g/mol. The molecule has 1 saturated carbocycles. The van der Waals surface area contributed by atoms with E-state index >= 15 is 0 Å². The van der Waals surface area contributed by atoms with Crippen molar-refractivity contribution >= 4 is 40.9 Å². The second kappa shape index (κ2) is 4.87. The van der Waals surface area contributed by atoms with E-state index in [0.717, 1.165) is 18.4 Å². The van der Waals surface area contributed by atoms with Crippen LogP contribution >= 0.6 is 24.0 Å². The van der Waals surface area contributed by atoms with Crippen molar-refractivity contribution in [1.82, 2.24) is 4.57 Å². The molecular formula is C13H11Cl2NO3. The van der Waals surface area contributed by atoms with Crippen LogP contribution in [0.25, 0.3) is 10.9 Å². The van der Waals surface area contributed by atoms with Gasteiger partial charge in [-0.2, -0.15) is 0 Å². The lowest BCUT2D eigenvalue weighted by atomic mass is 10.1. The van der Waals surface area contributed by atoms with Gasteiger partial charge in [0.25, 0.3) is 0 Å². The minimum atomic E-state index is -1.20. The van der Waals surface area contributed by atoms with E-state index in [9.17, 15) is 9.59 Å². The summed E-state index contributed by atoms with van der Waals surface area (Å²) in [4.78, 5) is 23.2. The van der Waals surface area contributed by atoms with E-state index < -0.39 is 11.4 Å². The van der Waals surface area contributed by atoms with Crippen molar-refractivity contribution in [1.29, 1.82) is 0 Å². The molecule has 3 rings (SSSR count). The fourth-order valence-electron chi connectivity index (χ4n) is 2.13. The molecule has 0 saturated heterocycles. The van der Waals surface area contributed by atoms with Gasteiger partial charge < -0.3 is 9.67 Å². The van der Waals surface area contributed by atoms with Gasteiger partial charge in [0, 0.05) is 22.6 Å². The highest BCUT2D eigenvalue weighted by atomic mass is 35.5. The highest BCUT2D eigenvalue weighted by Gasteiger charge is 2.26. The van der Waals surface area contributed by atoms with Gasteiger partial charge in [0.05, 0.1) is 5.52 Å². The first kappa shape index (κ1) is 13.9. The van der Waals surface area contributed by atoms with Crippen LogP contribution in [0.1, 0.15) is 29.2 Å². The Morgan fingerprint density at radius 3 is 2.63 bits per heavy atom. The van der Waals surface area contributed by atoms with E-state index in [0.29, 0.717) is 16.5 Å². The zero-order chi connectivity index (χ0) is 12.9. The topological polar surface area (TPSA) is 59.3 Å². The Bertz CT molecular complexity index is 720. The quantitative estimate of drug-likeness (QED) is 0.927. The molecule has 0 bridgehead atoms. The number of nitrogens with zero attached hydrogens (tertiary/aromatic N) is 1. The molecule has 2 aromatic rings. The molecule has 0 amide bonds. The van der Waals surface area contributed by atoms with Gasteiger partial charge in [-0.25, -0.2) is 4.79 Å². The monoisotopic (exact) mass is 299 g/mol. The largest absolute Gasteiger partial charge is 0.477 e. The third-order valence-corrected chi connectivity index (χ3v) is 3.40. The van der Waals surface area contributed by atoms with Crippen molar-refractivity contribution in [3.8, 4) is 0 Å². The Hall–Kier alpha value is -1.52. The molecule has 0 atom stereocenters. The number of aromatic carboxylic acids is 1. The van der Waals surface area contributed by atoms with E-state index in [4.69, 9.17) is 16.7 Å². The Morgan fingerprint density at radius 2 is 2.05 bits per heavy atom. The van der Waals surface area contributed by atoms with Gasteiger partial charge in [0.15, 0.2) is 0 Å². The fourth-order valence-corrected chi connectivity index (χ4v) is 2.31. The number of halogens is 2. The maximum absolute atomic E-state index is 12.1. The van der Waals surface area contributed by atoms with Crippen molar-refractivity contribution in [2.75, 3.05) is 0 Å². The summed E-state index contributed by atoms with van der Waals surface area (Å²) >= 11 is 5.87. The number of rotatable bonds is 2. The van der Waals surface area contributed by atoms with Crippen LogP contribution in [0.4, 0.5) is 0 Å². The number of aromatic nitrogens is 1.